The smallest absolute Gasteiger partial charge is 0.335 e. The first-order valence-corrected chi connectivity index (χ1v) is 14.1. The number of aromatic nitrogens is 2. The molecule has 2 aromatic heterocycles. The summed E-state index contributed by atoms with van der Waals surface area (Å²) in [4.78, 5) is 18.0. The Hall–Kier alpha value is -3.23. The van der Waals surface area contributed by atoms with Crippen LogP contribution in [-0.2, 0) is 0 Å². The second-order valence-corrected chi connectivity index (χ2v) is 12.2. The number of carbonyl (C=O) groups is 1. The highest BCUT2D eigenvalue weighted by Crippen LogP contribution is 2.56. The van der Waals surface area contributed by atoms with Gasteiger partial charge < -0.3 is 14.5 Å². The Bertz CT molecular complexity index is 1630. The largest absolute Gasteiger partial charge is 0.478 e. The van der Waals surface area contributed by atoms with Gasteiger partial charge in [0.1, 0.15) is 17.0 Å². The molecule has 0 unspecified atom stereocenters. The summed E-state index contributed by atoms with van der Waals surface area (Å²) >= 11 is 7.97. The van der Waals surface area contributed by atoms with Crippen molar-refractivity contribution in [1.82, 2.24) is 10.1 Å². The summed E-state index contributed by atoms with van der Waals surface area (Å²) in [6, 6.07) is 8.46. The van der Waals surface area contributed by atoms with Gasteiger partial charge >= 0.3 is 5.97 Å². The Morgan fingerprint density at radius 2 is 2.00 bits per heavy atom. The molecule has 2 fully saturated rings. The molecule has 7 rings (SSSR count). The van der Waals surface area contributed by atoms with Crippen molar-refractivity contribution in [3.8, 4) is 11.3 Å². The molecule has 3 aliphatic rings. The maximum absolute atomic E-state index is 14.5. The zero-order valence-electron chi connectivity index (χ0n) is 20.8. The highest BCUT2D eigenvalue weighted by molar-refractivity contribution is 7.22. The molecule has 0 amide bonds. The van der Waals surface area contributed by atoms with Crippen molar-refractivity contribution in [2.24, 2.45) is 5.41 Å². The number of nitrogens with zero attached hydrogens (tertiary/aromatic N) is 3. The molecule has 1 aliphatic heterocycles. The van der Waals surface area contributed by atoms with Crippen molar-refractivity contribution in [3.63, 3.8) is 0 Å². The molecule has 1 saturated heterocycles. The normalized spacial score (nSPS) is 18.6. The fourth-order valence-electron chi connectivity index (χ4n) is 5.92. The number of carboxylic acids is 1. The first kappa shape index (κ1) is 23.9. The number of fused-ring (bicyclic) bond motifs is 1. The third kappa shape index (κ3) is 3.84. The van der Waals surface area contributed by atoms with Crippen LogP contribution in [-0.4, -0.2) is 34.3 Å². The van der Waals surface area contributed by atoms with E-state index in [1.165, 1.54) is 23.0 Å². The van der Waals surface area contributed by atoms with E-state index < -0.39 is 11.8 Å². The molecular formula is C29H25ClFN3O3S. The van der Waals surface area contributed by atoms with Crippen LogP contribution in [0.25, 0.3) is 27.0 Å². The number of benzene rings is 2. The molecule has 194 valence electrons. The average Bonchev–Trinajstić information content (AvgIpc) is 3.47. The van der Waals surface area contributed by atoms with Crippen molar-refractivity contribution in [2.75, 3.05) is 18.0 Å². The van der Waals surface area contributed by atoms with E-state index in [-0.39, 0.29) is 16.5 Å². The monoisotopic (exact) mass is 549 g/mol. The molecule has 0 radical (unpaired) electrons. The lowest BCUT2D eigenvalue weighted by Crippen LogP contribution is -2.42. The summed E-state index contributed by atoms with van der Waals surface area (Å²) in [5, 5.41) is 15.2. The number of rotatable bonds is 5. The van der Waals surface area contributed by atoms with Crippen LogP contribution in [0.1, 0.15) is 65.3 Å². The molecule has 3 heterocycles. The summed E-state index contributed by atoms with van der Waals surface area (Å²) in [7, 11) is 0. The molecule has 1 N–H and O–H groups in total. The number of piperidine rings is 1. The van der Waals surface area contributed by atoms with Gasteiger partial charge in [0.2, 0.25) is 0 Å². The molecule has 2 aromatic carbocycles. The third-order valence-electron chi connectivity index (χ3n) is 8.18. The van der Waals surface area contributed by atoms with Gasteiger partial charge in [-0.05, 0) is 73.8 Å². The molecule has 6 nitrogen and oxygen atoms in total. The van der Waals surface area contributed by atoms with Crippen LogP contribution in [0, 0.1) is 18.2 Å². The van der Waals surface area contributed by atoms with Crippen LogP contribution in [0.15, 0.2) is 40.9 Å². The Kier molecular flexibility index (Phi) is 5.43. The van der Waals surface area contributed by atoms with Crippen LogP contribution >= 0.6 is 22.9 Å². The van der Waals surface area contributed by atoms with Crippen molar-refractivity contribution in [3.05, 3.63) is 69.7 Å². The lowest BCUT2D eigenvalue weighted by molar-refractivity contribution is 0.0696. The number of hydrogen-bond acceptors (Lipinski definition) is 6. The number of aromatic carboxylic acids is 1. The van der Waals surface area contributed by atoms with E-state index >= 15 is 0 Å². The van der Waals surface area contributed by atoms with Gasteiger partial charge in [-0.15, -0.1) is 0 Å². The maximum atomic E-state index is 14.5. The zero-order valence-corrected chi connectivity index (χ0v) is 22.3. The highest BCUT2D eigenvalue weighted by atomic mass is 35.5. The van der Waals surface area contributed by atoms with Crippen molar-refractivity contribution < 1.29 is 18.8 Å². The highest BCUT2D eigenvalue weighted by Gasteiger charge is 2.44. The van der Waals surface area contributed by atoms with E-state index in [1.807, 2.05) is 12.1 Å². The van der Waals surface area contributed by atoms with Crippen molar-refractivity contribution in [1.29, 1.82) is 0 Å². The topological polar surface area (TPSA) is 79.5 Å². The Balaban J connectivity index is 1.14. The summed E-state index contributed by atoms with van der Waals surface area (Å²) in [5.74, 6) is -0.296. The fourth-order valence-corrected chi connectivity index (χ4v) is 7.30. The van der Waals surface area contributed by atoms with Gasteiger partial charge in [0, 0.05) is 30.1 Å². The number of aryl methyl sites for hydroxylation is 1. The van der Waals surface area contributed by atoms with E-state index in [1.54, 1.807) is 0 Å². The zero-order chi connectivity index (χ0) is 26.2. The summed E-state index contributed by atoms with van der Waals surface area (Å²) in [5.41, 5.74) is 5.61. The quantitative estimate of drug-likeness (QED) is 0.275. The molecule has 0 bridgehead atoms. The van der Waals surface area contributed by atoms with Gasteiger partial charge in [-0.2, -0.15) is 0 Å². The molecule has 38 heavy (non-hydrogen) atoms. The molecular weight excluding hydrogens is 525 g/mol. The number of allylic oxidation sites excluding steroid dienone is 2. The van der Waals surface area contributed by atoms with Crippen LogP contribution < -0.4 is 4.90 Å². The Morgan fingerprint density at radius 3 is 2.68 bits per heavy atom. The first-order chi connectivity index (χ1) is 18.3. The number of thiazole rings is 1. The van der Waals surface area contributed by atoms with Gasteiger partial charge in [-0.3, -0.25) is 0 Å². The number of halogens is 2. The number of anilines is 1. The number of carboxylic acid groups (broad SMARTS) is 1. The van der Waals surface area contributed by atoms with Crippen LogP contribution in [0.2, 0.25) is 5.02 Å². The summed E-state index contributed by atoms with van der Waals surface area (Å²) in [6.45, 7) is 3.68. The minimum absolute atomic E-state index is 0.0550. The fraction of sp³-hybridized carbons (Fsp3) is 0.345. The lowest BCUT2D eigenvalue weighted by atomic mass is 9.63. The standard InChI is InChI=1S/C29H25ClFN3O3S/c1-15-3-2-4-19(30)22(15)25-23(26(37-33-25)16-5-6-16)18-13-29(14-18)7-9-34(10-8-29)28-32-24-20(31)11-17(27(35)36)12-21(24)38-28/h2-4,11-13,16H,5-10,14H2,1H3,(H,35,36). The predicted molar refractivity (Wildman–Crippen MR) is 147 cm³/mol. The van der Waals surface area contributed by atoms with E-state index in [0.717, 1.165) is 84.5 Å². The van der Waals surface area contributed by atoms with Crippen LogP contribution in [0.4, 0.5) is 9.52 Å². The van der Waals surface area contributed by atoms with Crippen LogP contribution in [0.3, 0.4) is 0 Å². The predicted octanol–water partition coefficient (Wildman–Crippen LogP) is 7.70. The van der Waals surface area contributed by atoms with E-state index in [9.17, 15) is 14.3 Å². The third-order valence-corrected chi connectivity index (χ3v) is 9.56. The Morgan fingerprint density at radius 1 is 1.24 bits per heavy atom. The molecule has 4 aromatic rings. The molecule has 9 heteroatoms. The van der Waals surface area contributed by atoms with Crippen molar-refractivity contribution >= 4 is 49.8 Å². The van der Waals surface area contributed by atoms with Gasteiger partial charge in [0.05, 0.1) is 15.3 Å². The molecule has 1 spiro atoms. The lowest BCUT2D eigenvalue weighted by Gasteiger charge is -2.46. The second-order valence-electron chi connectivity index (χ2n) is 10.8. The molecule has 2 aliphatic carbocycles. The molecule has 1 saturated carbocycles. The van der Waals surface area contributed by atoms with E-state index in [4.69, 9.17) is 16.1 Å². The maximum Gasteiger partial charge on any atom is 0.335 e. The molecule has 0 atom stereocenters. The van der Waals surface area contributed by atoms with Gasteiger partial charge in [-0.1, -0.05) is 46.3 Å². The number of hydrogen-bond donors (Lipinski definition) is 1. The summed E-state index contributed by atoms with van der Waals surface area (Å²) in [6.07, 6.45) is 7.59. The summed E-state index contributed by atoms with van der Waals surface area (Å²) < 4.78 is 21.0. The van der Waals surface area contributed by atoms with E-state index in [2.05, 4.69) is 34.1 Å². The van der Waals surface area contributed by atoms with E-state index in [0.29, 0.717) is 15.6 Å². The van der Waals surface area contributed by atoms with Gasteiger partial charge in [-0.25, -0.2) is 14.2 Å². The SMILES string of the molecule is Cc1cccc(Cl)c1-c1noc(C2CC2)c1C1=CC2(CCN(c3nc4c(F)cc(C(=O)O)cc4s3)CC2)C1. The second kappa shape index (κ2) is 8.64. The minimum atomic E-state index is -1.14. The minimum Gasteiger partial charge on any atom is -0.478 e. The first-order valence-electron chi connectivity index (χ1n) is 12.9. The average molecular weight is 550 g/mol. The van der Waals surface area contributed by atoms with Gasteiger partial charge in [0.25, 0.3) is 0 Å². The van der Waals surface area contributed by atoms with Crippen molar-refractivity contribution in [2.45, 2.75) is 44.9 Å². The Labute approximate surface area is 227 Å². The van der Waals surface area contributed by atoms with Gasteiger partial charge in [0.15, 0.2) is 10.9 Å². The van der Waals surface area contributed by atoms with Crippen LogP contribution in [0.5, 0.6) is 0 Å².